The van der Waals surface area contributed by atoms with Gasteiger partial charge in [-0.15, -0.1) is 11.3 Å². The minimum Gasteiger partial charge on any atom is -0.379 e. The summed E-state index contributed by atoms with van der Waals surface area (Å²) in [4.78, 5) is 19.1. The highest BCUT2D eigenvalue weighted by atomic mass is 32.1. The van der Waals surface area contributed by atoms with Crippen molar-refractivity contribution in [2.75, 3.05) is 26.3 Å². The summed E-state index contributed by atoms with van der Waals surface area (Å²) in [5, 5.41) is 6.04. The highest BCUT2D eigenvalue weighted by Gasteiger charge is 2.14. The average Bonchev–Trinajstić information content (AvgIpc) is 3.02. The van der Waals surface area contributed by atoms with Crippen LogP contribution in [0.1, 0.15) is 21.8 Å². The Morgan fingerprint density at radius 3 is 2.92 bits per heavy atom. The number of nitrogens with one attached hydrogen (secondary N) is 1. The molecule has 0 atom stereocenters. The number of nitrogens with zero attached hydrogens (tertiary/aromatic N) is 2. The van der Waals surface area contributed by atoms with Crippen LogP contribution in [0, 0.1) is 6.92 Å². The van der Waals surface area contributed by atoms with Gasteiger partial charge in [0.15, 0.2) is 0 Å². The van der Waals surface area contributed by atoms with Crippen molar-refractivity contribution in [3.05, 3.63) is 51.5 Å². The Hall–Kier alpha value is -1.76. The van der Waals surface area contributed by atoms with Crippen LogP contribution in [0.25, 0.3) is 0 Å². The molecular formula is C18H23N3O2S. The number of aromatic nitrogens is 1. The number of morpholine rings is 1. The number of thiazole rings is 1. The molecular weight excluding hydrogens is 322 g/mol. The zero-order valence-corrected chi connectivity index (χ0v) is 14.8. The lowest BCUT2D eigenvalue weighted by molar-refractivity contribution is -0.120. The van der Waals surface area contributed by atoms with E-state index in [9.17, 15) is 4.79 Å². The van der Waals surface area contributed by atoms with Crippen molar-refractivity contribution in [2.24, 2.45) is 0 Å². The van der Waals surface area contributed by atoms with E-state index in [1.807, 2.05) is 23.6 Å². The average molecular weight is 345 g/mol. The lowest BCUT2D eigenvalue weighted by Gasteiger charge is -2.25. The van der Waals surface area contributed by atoms with Crippen LogP contribution in [0.5, 0.6) is 0 Å². The van der Waals surface area contributed by atoms with Gasteiger partial charge in [0.25, 0.3) is 0 Å². The van der Waals surface area contributed by atoms with E-state index >= 15 is 0 Å². The third-order valence-corrected chi connectivity index (χ3v) is 5.02. The van der Waals surface area contributed by atoms with Gasteiger partial charge in [-0.25, -0.2) is 4.98 Å². The number of carbonyl (C=O) groups excluding carboxylic acids is 1. The first-order valence-corrected chi connectivity index (χ1v) is 9.13. The number of benzene rings is 1. The van der Waals surface area contributed by atoms with Crippen LogP contribution in [-0.4, -0.2) is 42.1 Å². The second-order valence-electron chi connectivity index (χ2n) is 6.00. The zero-order valence-electron chi connectivity index (χ0n) is 14.0. The lowest BCUT2D eigenvalue weighted by Crippen LogP contribution is -2.35. The molecule has 1 saturated heterocycles. The topological polar surface area (TPSA) is 54.5 Å². The number of hydrogen-bond acceptors (Lipinski definition) is 5. The quantitative estimate of drug-likeness (QED) is 0.872. The van der Waals surface area contributed by atoms with E-state index in [4.69, 9.17) is 4.74 Å². The molecule has 0 spiro atoms. The molecule has 0 unspecified atom stereocenters. The summed E-state index contributed by atoms with van der Waals surface area (Å²) >= 11 is 1.63. The van der Waals surface area contributed by atoms with Crippen molar-refractivity contribution in [3.8, 4) is 0 Å². The smallest absolute Gasteiger partial charge is 0.226 e. The molecule has 0 aliphatic carbocycles. The van der Waals surface area contributed by atoms with Gasteiger partial charge in [0.1, 0.15) is 5.01 Å². The predicted octanol–water partition coefficient (Wildman–Crippen LogP) is 2.14. The van der Waals surface area contributed by atoms with Crippen LogP contribution in [0.4, 0.5) is 0 Å². The molecule has 1 N–H and O–H groups in total. The normalized spacial score (nSPS) is 15.4. The summed E-state index contributed by atoms with van der Waals surface area (Å²) < 4.78 is 5.36. The Morgan fingerprint density at radius 2 is 2.12 bits per heavy atom. The van der Waals surface area contributed by atoms with E-state index in [2.05, 4.69) is 28.2 Å². The monoisotopic (exact) mass is 345 g/mol. The van der Waals surface area contributed by atoms with Gasteiger partial charge in [-0.1, -0.05) is 24.3 Å². The predicted molar refractivity (Wildman–Crippen MR) is 94.9 cm³/mol. The van der Waals surface area contributed by atoms with Crippen LogP contribution < -0.4 is 5.32 Å². The molecule has 0 bridgehead atoms. The first-order chi connectivity index (χ1) is 11.7. The summed E-state index contributed by atoms with van der Waals surface area (Å²) in [5.41, 5.74) is 3.20. The maximum absolute atomic E-state index is 12.1. The Balaban J connectivity index is 1.47. The first kappa shape index (κ1) is 17.1. The van der Waals surface area contributed by atoms with Gasteiger partial charge < -0.3 is 10.1 Å². The number of rotatable bonds is 6. The van der Waals surface area contributed by atoms with Gasteiger partial charge in [0.2, 0.25) is 5.91 Å². The second-order valence-corrected chi connectivity index (χ2v) is 6.94. The third-order valence-electron chi connectivity index (χ3n) is 4.14. The van der Waals surface area contributed by atoms with Crippen molar-refractivity contribution in [3.63, 3.8) is 0 Å². The molecule has 24 heavy (non-hydrogen) atoms. The molecule has 5 nitrogen and oxygen atoms in total. The Morgan fingerprint density at radius 1 is 1.33 bits per heavy atom. The van der Waals surface area contributed by atoms with Gasteiger partial charge in [0.05, 0.1) is 31.9 Å². The summed E-state index contributed by atoms with van der Waals surface area (Å²) in [5.74, 6) is 0.0153. The molecule has 2 heterocycles. The molecule has 1 aliphatic heterocycles. The van der Waals surface area contributed by atoms with Crippen molar-refractivity contribution >= 4 is 17.2 Å². The number of amides is 1. The second kappa shape index (κ2) is 8.37. The number of carbonyl (C=O) groups is 1. The molecule has 1 aliphatic rings. The Kier molecular flexibility index (Phi) is 5.96. The molecule has 0 radical (unpaired) electrons. The van der Waals surface area contributed by atoms with Crippen LogP contribution in [0.15, 0.2) is 29.6 Å². The highest BCUT2D eigenvalue weighted by Crippen LogP contribution is 2.14. The molecule has 3 rings (SSSR count). The van der Waals surface area contributed by atoms with Crippen LogP contribution in [-0.2, 0) is 29.0 Å². The summed E-state index contributed by atoms with van der Waals surface area (Å²) in [7, 11) is 0. The lowest BCUT2D eigenvalue weighted by atomic mass is 10.1. The van der Waals surface area contributed by atoms with E-state index in [0.717, 1.165) is 49.1 Å². The fourth-order valence-electron chi connectivity index (χ4n) is 2.68. The van der Waals surface area contributed by atoms with Crippen molar-refractivity contribution in [1.82, 2.24) is 15.2 Å². The largest absolute Gasteiger partial charge is 0.379 e. The van der Waals surface area contributed by atoms with E-state index in [1.165, 1.54) is 5.56 Å². The van der Waals surface area contributed by atoms with E-state index < -0.39 is 0 Å². The van der Waals surface area contributed by atoms with Crippen LogP contribution in [0.2, 0.25) is 0 Å². The van der Waals surface area contributed by atoms with E-state index in [0.29, 0.717) is 13.0 Å². The van der Waals surface area contributed by atoms with Gasteiger partial charge in [0, 0.05) is 25.0 Å². The summed E-state index contributed by atoms with van der Waals surface area (Å²) in [6, 6.07) is 8.09. The van der Waals surface area contributed by atoms with Crippen molar-refractivity contribution < 1.29 is 9.53 Å². The minimum absolute atomic E-state index is 0.0153. The SMILES string of the molecule is Cc1ccccc1CNC(=O)Cc1csc(CN2CCOCC2)n1. The van der Waals surface area contributed by atoms with Crippen LogP contribution in [0.3, 0.4) is 0 Å². The Bertz CT molecular complexity index is 680. The third kappa shape index (κ3) is 4.87. The number of ether oxygens (including phenoxy) is 1. The zero-order chi connectivity index (χ0) is 16.8. The number of hydrogen-bond donors (Lipinski definition) is 1. The van der Waals surface area contributed by atoms with Crippen LogP contribution >= 0.6 is 11.3 Å². The van der Waals surface area contributed by atoms with Gasteiger partial charge in [-0.2, -0.15) is 0 Å². The van der Waals surface area contributed by atoms with Crippen molar-refractivity contribution in [1.29, 1.82) is 0 Å². The molecule has 1 amide bonds. The highest BCUT2D eigenvalue weighted by molar-refractivity contribution is 7.09. The molecule has 128 valence electrons. The molecule has 2 aromatic rings. The maximum atomic E-state index is 12.1. The van der Waals surface area contributed by atoms with Crippen molar-refractivity contribution in [2.45, 2.75) is 26.4 Å². The molecule has 0 saturated carbocycles. The molecule has 1 aromatic carbocycles. The Labute approximate surface area is 146 Å². The van der Waals surface area contributed by atoms with E-state index in [1.54, 1.807) is 11.3 Å². The maximum Gasteiger partial charge on any atom is 0.226 e. The minimum atomic E-state index is 0.0153. The first-order valence-electron chi connectivity index (χ1n) is 8.25. The van der Waals surface area contributed by atoms with E-state index in [-0.39, 0.29) is 5.91 Å². The summed E-state index contributed by atoms with van der Waals surface area (Å²) in [6.45, 7) is 6.95. The van der Waals surface area contributed by atoms with Gasteiger partial charge >= 0.3 is 0 Å². The fourth-order valence-corrected chi connectivity index (χ4v) is 3.52. The molecule has 1 fully saturated rings. The summed E-state index contributed by atoms with van der Waals surface area (Å²) in [6.07, 6.45) is 0.339. The molecule has 6 heteroatoms. The standard InChI is InChI=1S/C18H23N3O2S/c1-14-4-2-3-5-15(14)11-19-17(22)10-16-13-24-18(20-16)12-21-6-8-23-9-7-21/h2-5,13H,6-12H2,1H3,(H,19,22). The molecule has 1 aromatic heterocycles. The van der Waals surface area contributed by atoms with Gasteiger partial charge in [-0.05, 0) is 18.1 Å². The number of aryl methyl sites for hydroxylation is 1. The fraction of sp³-hybridized carbons (Fsp3) is 0.444. The van der Waals surface area contributed by atoms with Gasteiger partial charge in [-0.3, -0.25) is 9.69 Å².